The highest BCUT2D eigenvalue weighted by molar-refractivity contribution is 4.89. The Morgan fingerprint density at radius 2 is 1.65 bits per heavy atom. The Morgan fingerprint density at radius 3 is 2.24 bits per heavy atom. The molecule has 1 aliphatic heterocycles. The summed E-state index contributed by atoms with van der Waals surface area (Å²) in [5.74, 6) is 0. The molecule has 1 saturated heterocycles. The summed E-state index contributed by atoms with van der Waals surface area (Å²) >= 11 is 0. The van der Waals surface area contributed by atoms with Gasteiger partial charge in [0.25, 0.3) is 0 Å². The lowest BCUT2D eigenvalue weighted by atomic mass is 10.1. The Bertz CT molecular complexity index is 241. The number of nitrogens with zero attached hydrogens (tertiary/aromatic N) is 2. The fourth-order valence-electron chi connectivity index (χ4n) is 3.07. The fourth-order valence-corrected chi connectivity index (χ4v) is 3.07. The van der Waals surface area contributed by atoms with Gasteiger partial charge < -0.3 is 9.64 Å². The summed E-state index contributed by atoms with van der Waals surface area (Å²) < 4.78 is 6.24. The minimum atomic E-state index is -0.000164. The SMILES string of the molecule is CN1CCN(C2CCCC2OC(C)(C)C)CC1. The van der Waals surface area contributed by atoms with Crippen LogP contribution in [0.1, 0.15) is 40.0 Å². The van der Waals surface area contributed by atoms with E-state index in [9.17, 15) is 0 Å². The van der Waals surface area contributed by atoms with E-state index in [0.717, 1.165) is 0 Å². The van der Waals surface area contributed by atoms with Crippen LogP contribution < -0.4 is 0 Å². The zero-order valence-corrected chi connectivity index (χ0v) is 11.9. The van der Waals surface area contributed by atoms with Crippen LogP contribution >= 0.6 is 0 Å². The summed E-state index contributed by atoms with van der Waals surface area (Å²) in [7, 11) is 2.22. The van der Waals surface area contributed by atoms with Crippen molar-refractivity contribution in [2.75, 3.05) is 33.2 Å². The molecule has 0 radical (unpaired) electrons. The maximum Gasteiger partial charge on any atom is 0.0737 e. The molecule has 17 heavy (non-hydrogen) atoms. The summed E-state index contributed by atoms with van der Waals surface area (Å²) in [4.78, 5) is 5.08. The van der Waals surface area contributed by atoms with Crippen LogP contribution in [0.25, 0.3) is 0 Å². The van der Waals surface area contributed by atoms with Gasteiger partial charge in [0, 0.05) is 32.2 Å². The van der Waals surface area contributed by atoms with E-state index < -0.39 is 0 Å². The van der Waals surface area contributed by atoms with Crippen LogP contribution in [-0.2, 0) is 4.74 Å². The Balaban J connectivity index is 1.90. The van der Waals surface area contributed by atoms with Crippen LogP contribution in [0.3, 0.4) is 0 Å². The molecule has 1 aliphatic carbocycles. The molecule has 2 aliphatic rings. The highest BCUT2D eigenvalue weighted by Crippen LogP contribution is 2.30. The van der Waals surface area contributed by atoms with Crippen molar-refractivity contribution in [3.63, 3.8) is 0 Å². The molecule has 100 valence electrons. The summed E-state index contributed by atoms with van der Waals surface area (Å²) in [5.41, 5.74) is -0.000164. The predicted molar refractivity (Wildman–Crippen MR) is 71.3 cm³/mol. The van der Waals surface area contributed by atoms with Gasteiger partial charge in [-0.2, -0.15) is 0 Å². The maximum absolute atomic E-state index is 6.24. The number of ether oxygens (including phenoxy) is 1. The molecule has 0 aromatic carbocycles. The van der Waals surface area contributed by atoms with Crippen LogP contribution in [0.4, 0.5) is 0 Å². The van der Waals surface area contributed by atoms with Crippen molar-refractivity contribution in [1.29, 1.82) is 0 Å². The van der Waals surface area contributed by atoms with E-state index in [4.69, 9.17) is 4.74 Å². The Labute approximate surface area is 106 Å². The van der Waals surface area contributed by atoms with Crippen LogP contribution in [0, 0.1) is 0 Å². The molecule has 2 fully saturated rings. The molecule has 2 unspecified atom stereocenters. The van der Waals surface area contributed by atoms with Crippen molar-refractivity contribution in [2.45, 2.75) is 57.8 Å². The Kier molecular flexibility index (Phi) is 4.11. The van der Waals surface area contributed by atoms with Gasteiger partial charge in [-0.05, 0) is 47.1 Å². The third kappa shape index (κ3) is 3.67. The predicted octanol–water partition coefficient (Wildman–Crippen LogP) is 1.97. The average molecular weight is 240 g/mol. The minimum absolute atomic E-state index is 0.000164. The molecule has 0 spiro atoms. The van der Waals surface area contributed by atoms with Crippen molar-refractivity contribution in [3.05, 3.63) is 0 Å². The van der Waals surface area contributed by atoms with E-state index in [1.165, 1.54) is 45.4 Å². The molecule has 0 aromatic rings. The lowest BCUT2D eigenvalue weighted by Gasteiger charge is -2.40. The first-order valence-corrected chi connectivity index (χ1v) is 7.06. The lowest BCUT2D eigenvalue weighted by Crippen LogP contribution is -2.52. The van der Waals surface area contributed by atoms with Crippen LogP contribution in [0.2, 0.25) is 0 Å². The second-order valence-electron chi connectivity index (χ2n) is 6.61. The van der Waals surface area contributed by atoms with Crippen LogP contribution in [-0.4, -0.2) is 60.8 Å². The van der Waals surface area contributed by atoms with E-state index in [1.54, 1.807) is 0 Å². The van der Waals surface area contributed by atoms with Gasteiger partial charge >= 0.3 is 0 Å². The first kappa shape index (κ1) is 13.3. The first-order chi connectivity index (χ1) is 7.96. The zero-order valence-electron chi connectivity index (χ0n) is 11.9. The number of likely N-dealkylation sites (N-methyl/N-ethyl adjacent to an activating group) is 1. The van der Waals surface area contributed by atoms with Crippen molar-refractivity contribution in [3.8, 4) is 0 Å². The van der Waals surface area contributed by atoms with Crippen LogP contribution in [0.5, 0.6) is 0 Å². The molecule has 2 atom stereocenters. The zero-order chi connectivity index (χ0) is 12.5. The third-order valence-corrected chi connectivity index (χ3v) is 3.93. The minimum Gasteiger partial charge on any atom is -0.371 e. The lowest BCUT2D eigenvalue weighted by molar-refractivity contribution is -0.0888. The highest BCUT2D eigenvalue weighted by atomic mass is 16.5. The number of hydrogen-bond donors (Lipinski definition) is 0. The number of hydrogen-bond acceptors (Lipinski definition) is 3. The molecule has 3 nitrogen and oxygen atoms in total. The van der Waals surface area contributed by atoms with Crippen LogP contribution in [0.15, 0.2) is 0 Å². The molecular formula is C14H28N2O. The third-order valence-electron chi connectivity index (χ3n) is 3.93. The van der Waals surface area contributed by atoms with Gasteiger partial charge in [0.1, 0.15) is 0 Å². The number of rotatable bonds is 2. The van der Waals surface area contributed by atoms with Gasteiger partial charge in [0.15, 0.2) is 0 Å². The standard InChI is InChI=1S/C14H28N2O/c1-14(2,3)17-13-7-5-6-12(13)16-10-8-15(4)9-11-16/h12-13H,5-11H2,1-4H3. The van der Waals surface area contributed by atoms with Crippen molar-refractivity contribution in [2.24, 2.45) is 0 Å². The van der Waals surface area contributed by atoms with Gasteiger partial charge in [-0.25, -0.2) is 0 Å². The van der Waals surface area contributed by atoms with E-state index in [1.807, 2.05) is 0 Å². The largest absolute Gasteiger partial charge is 0.371 e. The first-order valence-electron chi connectivity index (χ1n) is 7.06. The maximum atomic E-state index is 6.24. The smallest absolute Gasteiger partial charge is 0.0737 e. The summed E-state index contributed by atoms with van der Waals surface area (Å²) in [6.45, 7) is 11.4. The fraction of sp³-hybridized carbons (Fsp3) is 1.00. The summed E-state index contributed by atoms with van der Waals surface area (Å²) in [6, 6.07) is 0.669. The molecule has 0 aromatic heterocycles. The normalized spacial score (nSPS) is 33.2. The van der Waals surface area contributed by atoms with Gasteiger partial charge in [0.05, 0.1) is 11.7 Å². The van der Waals surface area contributed by atoms with Gasteiger partial charge in [0.2, 0.25) is 0 Å². The number of piperazine rings is 1. The van der Waals surface area contributed by atoms with Crippen molar-refractivity contribution in [1.82, 2.24) is 9.80 Å². The van der Waals surface area contributed by atoms with Crippen molar-refractivity contribution >= 4 is 0 Å². The molecule has 0 bridgehead atoms. The molecule has 2 rings (SSSR count). The molecule has 0 N–H and O–H groups in total. The Morgan fingerprint density at radius 1 is 1.00 bits per heavy atom. The average Bonchev–Trinajstić information content (AvgIpc) is 2.64. The molecule has 1 saturated carbocycles. The highest BCUT2D eigenvalue weighted by Gasteiger charge is 2.36. The molecular weight excluding hydrogens is 212 g/mol. The van der Waals surface area contributed by atoms with E-state index in [0.29, 0.717) is 12.1 Å². The van der Waals surface area contributed by atoms with Crippen molar-refractivity contribution < 1.29 is 4.74 Å². The van der Waals surface area contributed by atoms with E-state index in [2.05, 4.69) is 37.6 Å². The monoisotopic (exact) mass is 240 g/mol. The summed E-state index contributed by atoms with van der Waals surface area (Å²) in [6.07, 6.45) is 4.36. The van der Waals surface area contributed by atoms with E-state index in [-0.39, 0.29) is 5.60 Å². The molecule has 1 heterocycles. The molecule has 3 heteroatoms. The van der Waals surface area contributed by atoms with E-state index >= 15 is 0 Å². The van der Waals surface area contributed by atoms with Gasteiger partial charge in [-0.15, -0.1) is 0 Å². The molecule has 0 amide bonds. The topological polar surface area (TPSA) is 15.7 Å². The Hall–Kier alpha value is -0.120. The van der Waals surface area contributed by atoms with Gasteiger partial charge in [-0.1, -0.05) is 0 Å². The van der Waals surface area contributed by atoms with Gasteiger partial charge in [-0.3, -0.25) is 4.90 Å². The summed E-state index contributed by atoms with van der Waals surface area (Å²) in [5, 5.41) is 0. The second-order valence-corrected chi connectivity index (χ2v) is 6.61. The quantitative estimate of drug-likeness (QED) is 0.734. The second kappa shape index (κ2) is 5.25.